The molecule has 0 fully saturated rings. The molecule has 660 valence electrons. The van der Waals surface area contributed by atoms with Crippen molar-refractivity contribution < 1.29 is 89.2 Å². The van der Waals surface area contributed by atoms with Crippen molar-refractivity contribution in [2.45, 2.75) is 40.0 Å². The molecule has 0 atom stereocenters. The molecule has 0 saturated carbocycles. The Morgan fingerprint density at radius 1 is 0.235 bits per heavy atom. The Hall–Kier alpha value is -13.7. The molecule has 0 spiro atoms. The molecule has 20 aromatic rings. The maximum Gasteiger partial charge on any atom is 0.123 e. The molecule has 0 aliphatic heterocycles. The van der Waals surface area contributed by atoms with E-state index in [1.54, 1.807) is 49.1 Å². The van der Waals surface area contributed by atoms with Crippen LogP contribution in [0.1, 0.15) is 43.4 Å². The second kappa shape index (κ2) is 56.0. The van der Waals surface area contributed by atoms with Crippen molar-refractivity contribution in [1.29, 1.82) is 0 Å². The Labute approximate surface area is 829 Å². The summed E-state index contributed by atoms with van der Waals surface area (Å²) >= 11 is 0. The van der Waals surface area contributed by atoms with Crippen molar-refractivity contribution in [2.75, 3.05) is 0 Å². The van der Waals surface area contributed by atoms with E-state index in [0.29, 0.717) is 5.92 Å². The van der Waals surface area contributed by atoms with Gasteiger partial charge in [-0.2, -0.15) is 0 Å². The maximum absolute atomic E-state index is 13.1. The summed E-state index contributed by atoms with van der Waals surface area (Å²) in [6, 6.07) is 156. The third-order valence-electron chi connectivity index (χ3n) is 19.8. The molecule has 0 bridgehead atoms. The minimum Gasteiger partial charge on any atom is -0.305 e. The van der Waals surface area contributed by atoms with Crippen molar-refractivity contribution in [2.24, 2.45) is 0 Å². The van der Waals surface area contributed by atoms with Gasteiger partial charge in [-0.15, -0.1) is 287 Å². The zero-order chi connectivity index (χ0) is 88.4. The number of benzene rings is 12. The molecule has 0 aliphatic rings. The van der Waals surface area contributed by atoms with E-state index in [2.05, 4.69) is 177 Å². The van der Waals surface area contributed by atoms with Crippen molar-refractivity contribution in [3.63, 3.8) is 0 Å². The summed E-state index contributed by atoms with van der Waals surface area (Å²) in [6.07, 6.45) is 15.6. The topological polar surface area (TPSA) is 103 Å². The van der Waals surface area contributed by atoms with Gasteiger partial charge < -0.3 is 39.9 Å². The molecular weight excluding hydrogens is 2340 g/mol. The maximum atomic E-state index is 13.1. The summed E-state index contributed by atoms with van der Waals surface area (Å²) in [4.78, 5) is 35.0. The van der Waals surface area contributed by atoms with E-state index in [4.69, 9.17) is 0 Å². The molecule has 0 aliphatic carbocycles. The fourth-order valence-electron chi connectivity index (χ4n) is 13.1. The van der Waals surface area contributed by atoms with Crippen LogP contribution in [-0.4, -0.2) is 39.9 Å². The van der Waals surface area contributed by atoms with Crippen LogP contribution in [0.15, 0.2) is 456 Å². The molecule has 8 nitrogen and oxygen atoms in total. The minimum absolute atomic E-state index is 0. The van der Waals surface area contributed by atoms with Gasteiger partial charge in [0, 0.05) is 141 Å². The number of pyridine rings is 8. The minimum atomic E-state index is -0.224. The first-order valence-corrected chi connectivity index (χ1v) is 42.0. The van der Waals surface area contributed by atoms with Crippen molar-refractivity contribution in [3.8, 4) is 135 Å². The van der Waals surface area contributed by atoms with Crippen LogP contribution in [0, 0.1) is 67.1 Å². The average molecular weight is 2430 g/mol. The van der Waals surface area contributed by atoms with Gasteiger partial charge in [-0.25, -0.2) is 8.78 Å². The van der Waals surface area contributed by atoms with Crippen LogP contribution in [0.2, 0.25) is 0 Å². The quantitative estimate of drug-likeness (QED) is 0.0992. The smallest absolute Gasteiger partial charge is 0.123 e. The van der Waals surface area contributed by atoms with Crippen molar-refractivity contribution >= 4 is 0 Å². The van der Waals surface area contributed by atoms with Crippen molar-refractivity contribution in [3.05, 3.63) is 533 Å². The number of nitrogens with zero attached hydrogens (tertiary/aromatic N) is 8. The zero-order valence-corrected chi connectivity index (χ0v) is 82.3. The van der Waals surface area contributed by atoms with Crippen LogP contribution in [0.5, 0.6) is 0 Å². The normalized spacial score (nSPS) is 9.90. The van der Waals surface area contributed by atoms with Crippen LogP contribution < -0.4 is 0 Å². The van der Waals surface area contributed by atoms with Gasteiger partial charge in [-0.05, 0) is 158 Å². The van der Waals surface area contributed by atoms with E-state index < -0.39 is 0 Å². The fourth-order valence-corrected chi connectivity index (χ4v) is 13.1. The Morgan fingerprint density at radius 3 is 0.773 bits per heavy atom. The molecule has 8 aromatic heterocycles. The summed E-state index contributed by atoms with van der Waals surface area (Å²) in [5.74, 6) is -0.0934. The van der Waals surface area contributed by atoms with Crippen LogP contribution in [0.3, 0.4) is 0 Å². The first-order chi connectivity index (χ1) is 63.0. The Balaban J connectivity index is 0.000000171. The zero-order valence-electron chi connectivity index (χ0n) is 72.8. The molecule has 20 rings (SSSR count). The second-order valence-corrected chi connectivity index (χ2v) is 29.1. The third-order valence-corrected chi connectivity index (χ3v) is 19.8. The fraction of sp³-hybridized carbons (Fsp3) is 0.0508. The summed E-state index contributed by atoms with van der Waals surface area (Å²) in [5.41, 5.74) is 28.2. The Bertz CT molecular complexity index is 6030. The summed E-state index contributed by atoms with van der Waals surface area (Å²) in [7, 11) is 0. The number of aromatic nitrogens is 8. The van der Waals surface area contributed by atoms with Gasteiger partial charge in [0.1, 0.15) is 11.6 Å². The molecule has 4 radical (unpaired) electrons. The monoisotopic (exact) mass is 2430 g/mol. The van der Waals surface area contributed by atoms with Gasteiger partial charge in [0.2, 0.25) is 0 Å². The Morgan fingerprint density at radius 2 is 0.492 bits per heavy atom. The molecule has 0 unspecified atom stereocenters. The molecule has 8 heterocycles. The third kappa shape index (κ3) is 31.9. The first kappa shape index (κ1) is 102. The summed E-state index contributed by atoms with van der Waals surface area (Å²) in [6.45, 7) is 8.51. The number of hydrogen-bond donors (Lipinski definition) is 0. The van der Waals surface area contributed by atoms with Gasteiger partial charge in [-0.1, -0.05) is 190 Å². The molecule has 132 heavy (non-hydrogen) atoms. The summed E-state index contributed by atoms with van der Waals surface area (Å²) in [5, 5.41) is 0. The van der Waals surface area contributed by atoms with E-state index >= 15 is 0 Å². The predicted molar refractivity (Wildman–Crippen MR) is 518 cm³/mol. The van der Waals surface area contributed by atoms with Gasteiger partial charge in [-0.3, -0.25) is 0 Å². The molecule has 0 saturated heterocycles. The van der Waals surface area contributed by atoms with E-state index in [1.165, 1.54) is 52.1 Å². The SMILES string of the molecule is CC(C)c1cc(-c2[c-]cccc2)ncc1-c1ccc(F)cc1.CCc1cc(-c2[c-]cccc2)ncc1-c1ccc(F)cc1.Cc1ccc(-c2ccc(-c3[c-]cccc3)nc2)cc1.[Ir].[Ir].[Ir].[Ir].[c-]1ccccc1-c1ccc(-c2ccccc2)cn1.[c-]1ccccc1-c1ccccn1.[c-]1ccccc1-c1ccccn1.[c-]1ccccc1-c1ccccn1.[c-]1ccccc1-c1ccccn1. The second-order valence-electron chi connectivity index (χ2n) is 29.1. The van der Waals surface area contributed by atoms with Crippen molar-refractivity contribution in [1.82, 2.24) is 39.9 Å². The first-order valence-electron chi connectivity index (χ1n) is 42.0. The van der Waals surface area contributed by atoms with Crippen LogP contribution >= 0.6 is 0 Å². The van der Waals surface area contributed by atoms with Crippen LogP contribution in [-0.2, 0) is 86.8 Å². The van der Waals surface area contributed by atoms with Crippen LogP contribution in [0.25, 0.3) is 135 Å². The standard InChI is InChI=1S/C20H17FN.C19H15FN.C18H14N.C17H12N.4C11H8N.4Ir/c1-14(2)18-12-20(16-6-4-3-5-7-16)22-13-19(18)15-8-10-17(21)11-9-15;1-2-14-12-19(16-6-4-3-5-7-16)21-13-18(14)15-8-10-17(20)11-9-15;1-14-7-9-15(10-8-14)17-11-12-18(19-13-17)16-5-3-2-4-6-16;1-3-7-14(8-4-1)16-11-12-17(18-13-16)15-9-5-2-6-10-15;4*1-2-6-10(7-3-1)11-8-4-5-9-12-11;;;;/h3-6,8-14H,1-2H3;3-6,8-13H,2H2,1H3;2-5,7-13H,1H3;1-9,11-13H;4*1-6,8-9H;;;;/q8*-1;;;;. The van der Waals surface area contributed by atoms with Gasteiger partial charge in [0.25, 0.3) is 0 Å². The van der Waals surface area contributed by atoms with E-state index in [1.807, 2.05) is 322 Å². The van der Waals surface area contributed by atoms with E-state index in [-0.39, 0.29) is 92.1 Å². The number of rotatable bonds is 14. The average Bonchev–Trinajstić information content (AvgIpc) is 0.795. The molecule has 14 heteroatoms. The molecular formula is C118H90F2Ir4N8-8. The van der Waals surface area contributed by atoms with Gasteiger partial charge in [0.15, 0.2) is 0 Å². The van der Waals surface area contributed by atoms with Crippen LogP contribution in [0.4, 0.5) is 8.78 Å². The Kier molecular flexibility index (Phi) is 43.3. The largest absolute Gasteiger partial charge is 0.305 e. The van der Waals surface area contributed by atoms with E-state index in [0.717, 1.165) is 130 Å². The number of halogens is 2. The number of aryl methyl sites for hydroxylation is 2. The predicted octanol–water partition coefficient (Wildman–Crippen LogP) is 29.3. The number of hydrogen-bond acceptors (Lipinski definition) is 8. The summed E-state index contributed by atoms with van der Waals surface area (Å²) < 4.78 is 26.2. The van der Waals surface area contributed by atoms with Gasteiger partial charge in [0.05, 0.1) is 0 Å². The van der Waals surface area contributed by atoms with Gasteiger partial charge >= 0.3 is 0 Å². The molecule has 0 N–H and O–H groups in total. The molecule has 0 amide bonds. The molecule has 12 aromatic carbocycles. The van der Waals surface area contributed by atoms with E-state index in [9.17, 15) is 8.78 Å².